The molecule has 4 N–H and O–H groups in total. The van der Waals surface area contributed by atoms with Crippen LogP contribution in [0, 0.1) is 17.7 Å². The molecule has 0 aliphatic heterocycles. The second kappa shape index (κ2) is 12.0. The average Bonchev–Trinajstić information content (AvgIpc) is 2.96. The molecule has 0 aromatic heterocycles. The molecule has 8 heteroatoms. The van der Waals surface area contributed by atoms with Crippen molar-refractivity contribution in [2.45, 2.75) is 76.1 Å². The van der Waals surface area contributed by atoms with Crippen molar-refractivity contribution in [1.82, 2.24) is 0 Å². The van der Waals surface area contributed by atoms with E-state index in [4.69, 9.17) is 9.84 Å². The van der Waals surface area contributed by atoms with Crippen LogP contribution >= 0.6 is 0 Å². The minimum Gasteiger partial charge on any atom is -0.481 e. The monoisotopic (exact) mass is 426 g/mol. The molecule has 1 aliphatic carbocycles. The van der Waals surface area contributed by atoms with Crippen molar-refractivity contribution in [1.29, 1.82) is 0 Å². The lowest BCUT2D eigenvalue weighted by molar-refractivity contribution is -0.144. The molecule has 1 fully saturated rings. The molecule has 0 saturated heterocycles. The summed E-state index contributed by atoms with van der Waals surface area (Å²) in [6, 6.07) is 5.42. The number of hydrogen-bond donors (Lipinski definition) is 4. The number of hydrogen-bond acceptors (Lipinski definition) is 6. The van der Waals surface area contributed by atoms with E-state index in [2.05, 4.69) is 0 Å². The highest BCUT2D eigenvalue weighted by atomic mass is 19.1. The van der Waals surface area contributed by atoms with Gasteiger partial charge in [-0.05, 0) is 56.1 Å². The van der Waals surface area contributed by atoms with Gasteiger partial charge < -0.3 is 25.2 Å². The fourth-order valence-electron chi connectivity index (χ4n) is 4.16. The van der Waals surface area contributed by atoms with Gasteiger partial charge in [0.2, 0.25) is 0 Å². The molecule has 2 rings (SSSR count). The Hall–Kier alpha value is -2.03. The first-order valence-electron chi connectivity index (χ1n) is 10.5. The minimum atomic E-state index is -1.45. The zero-order chi connectivity index (χ0) is 22.1. The highest BCUT2D eigenvalue weighted by molar-refractivity contribution is 5.76. The largest absolute Gasteiger partial charge is 0.481 e. The molecule has 7 nitrogen and oxygen atoms in total. The number of aliphatic hydroxyl groups excluding tert-OH is 3. The number of esters is 1. The fraction of sp³-hybridized carbons (Fsp3) is 0.636. The van der Waals surface area contributed by atoms with Crippen LogP contribution in [-0.2, 0) is 9.59 Å². The first-order valence-corrected chi connectivity index (χ1v) is 10.5. The normalized spacial score (nSPS) is 24.5. The molecular formula is C22H31FO7. The minimum absolute atomic E-state index is 0.0385. The molecule has 1 unspecified atom stereocenters. The lowest BCUT2D eigenvalue weighted by atomic mass is 9.85. The number of carboxylic acids is 1. The zero-order valence-electron chi connectivity index (χ0n) is 17.0. The van der Waals surface area contributed by atoms with Crippen molar-refractivity contribution in [3.05, 3.63) is 30.1 Å². The molecular weight excluding hydrogens is 395 g/mol. The number of ether oxygens (including phenoxy) is 1. The van der Waals surface area contributed by atoms with Crippen molar-refractivity contribution in [3.63, 3.8) is 0 Å². The van der Waals surface area contributed by atoms with Crippen LogP contribution in [0.1, 0.15) is 57.8 Å². The molecule has 0 radical (unpaired) electrons. The number of carbonyl (C=O) groups excluding carboxylic acids is 1. The second-order valence-electron chi connectivity index (χ2n) is 7.99. The summed E-state index contributed by atoms with van der Waals surface area (Å²) in [6.07, 6.45) is 1.70. The maximum absolute atomic E-state index is 13.6. The van der Waals surface area contributed by atoms with E-state index in [0.717, 1.165) is 25.3 Å². The maximum Gasteiger partial charge on any atom is 0.340 e. The number of unbranched alkanes of at least 4 members (excludes halogenated alkanes) is 3. The second-order valence-corrected chi connectivity index (χ2v) is 7.99. The summed E-state index contributed by atoms with van der Waals surface area (Å²) in [5.74, 6) is -3.11. The Bertz CT molecular complexity index is 696. The molecule has 0 heterocycles. The number of para-hydroxylation sites is 1. The Morgan fingerprint density at radius 3 is 2.33 bits per heavy atom. The number of carboxylic acid groups (broad SMARTS) is 1. The summed E-state index contributed by atoms with van der Waals surface area (Å²) >= 11 is 0. The average molecular weight is 426 g/mol. The van der Waals surface area contributed by atoms with Crippen LogP contribution in [0.3, 0.4) is 0 Å². The van der Waals surface area contributed by atoms with Crippen molar-refractivity contribution >= 4 is 11.9 Å². The van der Waals surface area contributed by atoms with E-state index >= 15 is 0 Å². The molecule has 168 valence electrons. The van der Waals surface area contributed by atoms with Crippen molar-refractivity contribution in [2.75, 3.05) is 0 Å². The standard InChI is InChI=1S/C22H31FO7/c23-16-8-5-6-9-20(16)30-22(29)17(24)12-11-15-14(18(25)13-19(15)26)7-3-1-2-4-10-21(27)28/h5-6,8-9,14-15,17-19,24-26H,1-4,7,10-13H2,(H,27,28)/t14-,15-,17?,18+,19-/m1/s1. The fourth-order valence-corrected chi connectivity index (χ4v) is 4.16. The number of halogens is 1. The van der Waals surface area contributed by atoms with Crippen LogP contribution in [0.15, 0.2) is 24.3 Å². The molecule has 1 aliphatic rings. The summed E-state index contributed by atoms with van der Waals surface area (Å²) in [6.45, 7) is 0. The van der Waals surface area contributed by atoms with Crippen molar-refractivity contribution in [2.24, 2.45) is 11.8 Å². The van der Waals surface area contributed by atoms with E-state index in [1.807, 2.05) is 0 Å². The first kappa shape index (κ1) is 24.2. The Morgan fingerprint density at radius 1 is 1.03 bits per heavy atom. The maximum atomic E-state index is 13.6. The van der Waals surface area contributed by atoms with Crippen LogP contribution in [0.5, 0.6) is 5.75 Å². The van der Waals surface area contributed by atoms with Crippen LogP contribution in [0.4, 0.5) is 4.39 Å². The van der Waals surface area contributed by atoms with E-state index in [1.54, 1.807) is 0 Å². The van der Waals surface area contributed by atoms with Gasteiger partial charge >= 0.3 is 11.9 Å². The quantitative estimate of drug-likeness (QED) is 0.230. The number of aliphatic hydroxyl groups is 3. The number of benzene rings is 1. The molecule has 1 aromatic rings. The number of aliphatic carboxylic acids is 1. The Balaban J connectivity index is 1.78. The molecule has 30 heavy (non-hydrogen) atoms. The third-order valence-corrected chi connectivity index (χ3v) is 5.79. The molecule has 0 spiro atoms. The van der Waals surface area contributed by atoms with Crippen LogP contribution in [-0.4, -0.2) is 50.7 Å². The number of carbonyl (C=O) groups is 2. The van der Waals surface area contributed by atoms with Gasteiger partial charge in [-0.2, -0.15) is 0 Å². The third-order valence-electron chi connectivity index (χ3n) is 5.79. The predicted octanol–water partition coefficient (Wildman–Crippen LogP) is 2.66. The van der Waals surface area contributed by atoms with E-state index in [9.17, 15) is 29.3 Å². The van der Waals surface area contributed by atoms with E-state index in [1.165, 1.54) is 18.2 Å². The lowest BCUT2D eigenvalue weighted by Crippen LogP contribution is -2.29. The highest BCUT2D eigenvalue weighted by Gasteiger charge is 2.41. The Labute approximate surface area is 175 Å². The summed E-state index contributed by atoms with van der Waals surface area (Å²) in [5, 5.41) is 39.3. The SMILES string of the molecule is O=C(O)CCCCCC[C@@H]1[C@@H](CCC(O)C(=O)Oc2ccccc2F)[C@H](O)C[C@@H]1O. The molecule has 0 bridgehead atoms. The number of rotatable bonds is 12. The summed E-state index contributed by atoms with van der Waals surface area (Å²) in [7, 11) is 0. The van der Waals surface area contributed by atoms with Gasteiger partial charge in [0.05, 0.1) is 12.2 Å². The molecule has 0 amide bonds. The highest BCUT2D eigenvalue weighted by Crippen LogP contribution is 2.39. The van der Waals surface area contributed by atoms with Gasteiger partial charge in [0.15, 0.2) is 17.7 Å². The van der Waals surface area contributed by atoms with Gasteiger partial charge in [-0.25, -0.2) is 9.18 Å². The van der Waals surface area contributed by atoms with Gasteiger partial charge in [-0.3, -0.25) is 4.79 Å². The van der Waals surface area contributed by atoms with Gasteiger partial charge in [-0.15, -0.1) is 0 Å². The summed E-state index contributed by atoms with van der Waals surface area (Å²) in [4.78, 5) is 22.5. The van der Waals surface area contributed by atoms with Crippen LogP contribution in [0.25, 0.3) is 0 Å². The van der Waals surface area contributed by atoms with Crippen molar-refractivity contribution in [3.8, 4) is 5.75 Å². The van der Waals surface area contributed by atoms with E-state index in [0.29, 0.717) is 19.3 Å². The molecule has 1 aromatic carbocycles. The first-order chi connectivity index (χ1) is 14.3. The smallest absolute Gasteiger partial charge is 0.340 e. The van der Waals surface area contributed by atoms with Gasteiger partial charge in [0, 0.05) is 6.42 Å². The van der Waals surface area contributed by atoms with Crippen molar-refractivity contribution < 1.29 is 39.1 Å². The van der Waals surface area contributed by atoms with Gasteiger partial charge in [0.25, 0.3) is 0 Å². The topological polar surface area (TPSA) is 124 Å². The van der Waals surface area contributed by atoms with E-state index in [-0.39, 0.29) is 36.8 Å². The summed E-state index contributed by atoms with van der Waals surface area (Å²) in [5.41, 5.74) is 0. The summed E-state index contributed by atoms with van der Waals surface area (Å²) < 4.78 is 18.5. The Kier molecular flexibility index (Phi) is 9.68. The van der Waals surface area contributed by atoms with Gasteiger partial charge in [-0.1, -0.05) is 31.4 Å². The lowest BCUT2D eigenvalue weighted by Gasteiger charge is -2.24. The molecule has 5 atom stereocenters. The zero-order valence-corrected chi connectivity index (χ0v) is 17.0. The Morgan fingerprint density at radius 2 is 1.67 bits per heavy atom. The van der Waals surface area contributed by atoms with Gasteiger partial charge in [0.1, 0.15) is 0 Å². The van der Waals surface area contributed by atoms with Crippen LogP contribution in [0.2, 0.25) is 0 Å². The van der Waals surface area contributed by atoms with E-state index < -0.39 is 36.1 Å². The predicted molar refractivity (Wildman–Crippen MR) is 106 cm³/mol. The van der Waals surface area contributed by atoms with Crippen LogP contribution < -0.4 is 4.74 Å². The third kappa shape index (κ3) is 7.34. The molecule has 1 saturated carbocycles.